The smallest absolute Gasteiger partial charge is 0.222 e. The van der Waals surface area contributed by atoms with E-state index in [0.29, 0.717) is 41.8 Å². The van der Waals surface area contributed by atoms with Crippen LogP contribution in [-0.2, 0) is 11.2 Å². The molecule has 0 saturated carbocycles. The monoisotopic (exact) mass is 367 g/mol. The lowest BCUT2D eigenvalue weighted by atomic mass is 10.1. The van der Waals surface area contributed by atoms with Crippen LogP contribution in [0, 0.1) is 0 Å². The fraction of sp³-hybridized carbons (Fsp3) is 0.278. The first-order valence-corrected chi connectivity index (χ1v) is 8.31. The molecule has 0 fully saturated rings. The van der Waals surface area contributed by atoms with Gasteiger partial charge in [-0.1, -0.05) is 29.3 Å². The number of hydrogen-bond donors (Lipinski definition) is 1. The first-order chi connectivity index (χ1) is 11.5. The number of aromatic hydroxyl groups is 1. The largest absolute Gasteiger partial charge is 0.508 e. The number of carbonyl (C=O) groups excluding carboxylic acids is 1. The van der Waals surface area contributed by atoms with E-state index in [1.807, 2.05) is 6.07 Å². The predicted octanol–water partition coefficient (Wildman–Crippen LogP) is 4.17. The Kier molecular flexibility index (Phi) is 6.76. The van der Waals surface area contributed by atoms with Gasteiger partial charge in [0, 0.05) is 13.5 Å². The van der Waals surface area contributed by atoms with Crippen molar-refractivity contribution in [1.82, 2.24) is 4.90 Å². The van der Waals surface area contributed by atoms with Crippen LogP contribution in [0.1, 0.15) is 12.0 Å². The van der Waals surface area contributed by atoms with Crippen molar-refractivity contribution in [2.24, 2.45) is 0 Å². The van der Waals surface area contributed by atoms with E-state index in [2.05, 4.69) is 0 Å². The SMILES string of the molecule is CN(CCOc1ccc(O)cc1)C(=O)CCc1ccc(Cl)c(Cl)c1. The second-order valence-electron chi connectivity index (χ2n) is 5.41. The summed E-state index contributed by atoms with van der Waals surface area (Å²) in [5, 5.41) is 10.2. The predicted molar refractivity (Wildman–Crippen MR) is 96.0 cm³/mol. The maximum atomic E-state index is 12.1. The van der Waals surface area contributed by atoms with Crippen molar-refractivity contribution in [3.05, 3.63) is 58.1 Å². The molecule has 0 heterocycles. The van der Waals surface area contributed by atoms with Crippen LogP contribution in [0.2, 0.25) is 10.0 Å². The molecule has 0 saturated heterocycles. The summed E-state index contributed by atoms with van der Waals surface area (Å²) >= 11 is 11.8. The third-order valence-corrected chi connectivity index (χ3v) is 4.31. The minimum Gasteiger partial charge on any atom is -0.508 e. The van der Waals surface area contributed by atoms with Gasteiger partial charge in [-0.15, -0.1) is 0 Å². The van der Waals surface area contributed by atoms with Crippen LogP contribution in [0.3, 0.4) is 0 Å². The number of amides is 1. The number of phenolic OH excluding ortho intramolecular Hbond substituents is 1. The molecule has 0 unspecified atom stereocenters. The van der Waals surface area contributed by atoms with Gasteiger partial charge in [0.15, 0.2) is 0 Å². The number of rotatable bonds is 7. The number of benzene rings is 2. The highest BCUT2D eigenvalue weighted by Gasteiger charge is 2.09. The van der Waals surface area contributed by atoms with Crippen molar-refractivity contribution in [2.45, 2.75) is 12.8 Å². The van der Waals surface area contributed by atoms with Gasteiger partial charge in [0.1, 0.15) is 18.1 Å². The summed E-state index contributed by atoms with van der Waals surface area (Å²) in [6.45, 7) is 0.876. The first kappa shape index (κ1) is 18.4. The molecule has 0 atom stereocenters. The lowest BCUT2D eigenvalue weighted by Crippen LogP contribution is -2.31. The molecule has 1 N–H and O–H groups in total. The highest BCUT2D eigenvalue weighted by atomic mass is 35.5. The number of hydrogen-bond acceptors (Lipinski definition) is 3. The minimum absolute atomic E-state index is 0.0374. The molecule has 0 radical (unpaired) electrons. The molecule has 4 nitrogen and oxygen atoms in total. The van der Waals surface area contributed by atoms with Crippen LogP contribution in [0.4, 0.5) is 0 Å². The van der Waals surface area contributed by atoms with Crippen LogP contribution < -0.4 is 4.74 Å². The number of aryl methyl sites for hydroxylation is 1. The Labute approximate surface area is 151 Å². The van der Waals surface area contributed by atoms with E-state index in [1.165, 1.54) is 0 Å². The molecule has 0 aliphatic rings. The maximum absolute atomic E-state index is 12.1. The van der Waals surface area contributed by atoms with Gasteiger partial charge in [-0.2, -0.15) is 0 Å². The Balaban J connectivity index is 1.73. The van der Waals surface area contributed by atoms with Gasteiger partial charge in [0.2, 0.25) is 5.91 Å². The summed E-state index contributed by atoms with van der Waals surface area (Å²) in [5.41, 5.74) is 0.978. The molecule has 0 aromatic heterocycles. The van der Waals surface area contributed by atoms with E-state index in [0.717, 1.165) is 5.56 Å². The van der Waals surface area contributed by atoms with E-state index in [1.54, 1.807) is 48.3 Å². The summed E-state index contributed by atoms with van der Waals surface area (Å²) in [5.74, 6) is 0.886. The molecule has 1 amide bonds. The van der Waals surface area contributed by atoms with Gasteiger partial charge in [-0.25, -0.2) is 0 Å². The van der Waals surface area contributed by atoms with Gasteiger partial charge < -0.3 is 14.7 Å². The molecule has 2 aromatic rings. The highest BCUT2D eigenvalue weighted by Crippen LogP contribution is 2.23. The van der Waals surface area contributed by atoms with Crippen molar-refractivity contribution >= 4 is 29.1 Å². The minimum atomic E-state index is 0.0374. The summed E-state index contributed by atoms with van der Waals surface area (Å²) in [6.07, 6.45) is 1.01. The molecular formula is C18H19Cl2NO3. The molecular weight excluding hydrogens is 349 g/mol. The number of halogens is 2. The first-order valence-electron chi connectivity index (χ1n) is 7.55. The molecule has 0 aliphatic carbocycles. The standard InChI is InChI=1S/C18H19Cl2NO3/c1-21(10-11-24-15-6-4-14(22)5-7-15)18(23)9-3-13-2-8-16(19)17(20)12-13/h2,4-8,12,22H,3,9-11H2,1H3. The fourth-order valence-corrected chi connectivity index (χ4v) is 2.43. The zero-order chi connectivity index (χ0) is 17.5. The average Bonchev–Trinajstić information content (AvgIpc) is 2.57. The van der Waals surface area contributed by atoms with Crippen molar-refractivity contribution in [1.29, 1.82) is 0 Å². The molecule has 6 heteroatoms. The molecule has 2 aromatic carbocycles. The van der Waals surface area contributed by atoms with Crippen LogP contribution in [0.5, 0.6) is 11.5 Å². The third-order valence-electron chi connectivity index (χ3n) is 3.57. The van der Waals surface area contributed by atoms with Gasteiger partial charge in [0.05, 0.1) is 16.6 Å². The van der Waals surface area contributed by atoms with Gasteiger partial charge >= 0.3 is 0 Å². The van der Waals surface area contributed by atoms with Crippen molar-refractivity contribution in [2.75, 3.05) is 20.2 Å². The van der Waals surface area contributed by atoms with E-state index in [-0.39, 0.29) is 11.7 Å². The molecule has 128 valence electrons. The number of ether oxygens (including phenoxy) is 1. The molecule has 24 heavy (non-hydrogen) atoms. The van der Waals surface area contributed by atoms with E-state index < -0.39 is 0 Å². The van der Waals surface area contributed by atoms with Crippen LogP contribution in [0.15, 0.2) is 42.5 Å². The summed E-state index contributed by atoms with van der Waals surface area (Å²) in [6, 6.07) is 11.9. The fourth-order valence-electron chi connectivity index (χ4n) is 2.10. The Morgan fingerprint density at radius 2 is 1.83 bits per heavy atom. The van der Waals surface area contributed by atoms with Crippen LogP contribution in [-0.4, -0.2) is 36.1 Å². The lowest BCUT2D eigenvalue weighted by Gasteiger charge is -2.17. The van der Waals surface area contributed by atoms with Crippen LogP contribution in [0.25, 0.3) is 0 Å². The molecule has 0 spiro atoms. The summed E-state index contributed by atoms with van der Waals surface area (Å²) in [7, 11) is 1.75. The molecule has 0 aliphatic heterocycles. The summed E-state index contributed by atoms with van der Waals surface area (Å²) in [4.78, 5) is 13.8. The third kappa shape index (κ3) is 5.62. The van der Waals surface area contributed by atoms with Crippen molar-refractivity contribution in [3.8, 4) is 11.5 Å². The Morgan fingerprint density at radius 1 is 1.12 bits per heavy atom. The Morgan fingerprint density at radius 3 is 2.50 bits per heavy atom. The van der Waals surface area contributed by atoms with Gasteiger partial charge in [0.25, 0.3) is 0 Å². The normalized spacial score (nSPS) is 10.5. The Hall–Kier alpha value is -1.91. The number of carbonyl (C=O) groups is 1. The maximum Gasteiger partial charge on any atom is 0.222 e. The quantitative estimate of drug-likeness (QED) is 0.798. The van der Waals surface area contributed by atoms with E-state index in [9.17, 15) is 9.90 Å². The summed E-state index contributed by atoms with van der Waals surface area (Å²) < 4.78 is 5.54. The molecule has 2 rings (SSSR count). The van der Waals surface area contributed by atoms with Crippen LogP contribution >= 0.6 is 23.2 Å². The lowest BCUT2D eigenvalue weighted by molar-refractivity contribution is -0.130. The van der Waals surface area contributed by atoms with Gasteiger partial charge in [-0.3, -0.25) is 4.79 Å². The second kappa shape index (κ2) is 8.81. The highest BCUT2D eigenvalue weighted by molar-refractivity contribution is 6.42. The van der Waals surface area contributed by atoms with Gasteiger partial charge in [-0.05, 0) is 48.4 Å². The zero-order valence-corrected chi connectivity index (χ0v) is 14.8. The molecule has 0 bridgehead atoms. The van der Waals surface area contributed by atoms with E-state index >= 15 is 0 Å². The van der Waals surface area contributed by atoms with Crippen molar-refractivity contribution in [3.63, 3.8) is 0 Å². The Bertz CT molecular complexity index is 689. The second-order valence-corrected chi connectivity index (χ2v) is 6.22. The zero-order valence-electron chi connectivity index (χ0n) is 13.3. The van der Waals surface area contributed by atoms with Crippen molar-refractivity contribution < 1.29 is 14.6 Å². The van der Waals surface area contributed by atoms with E-state index in [4.69, 9.17) is 27.9 Å². The number of phenols is 1. The average molecular weight is 368 g/mol. The topological polar surface area (TPSA) is 49.8 Å². The number of nitrogens with zero attached hydrogens (tertiary/aromatic N) is 1. The number of likely N-dealkylation sites (N-methyl/N-ethyl adjacent to an activating group) is 1.